The summed E-state index contributed by atoms with van der Waals surface area (Å²) in [5.41, 5.74) is 0. The SMILES string of the molecule is CCCNC(=O)CCNC(=NCC(CCO)CC(C)C)NCC. The van der Waals surface area contributed by atoms with Crippen molar-refractivity contribution in [2.45, 2.75) is 53.4 Å². The summed E-state index contributed by atoms with van der Waals surface area (Å²) >= 11 is 0. The number of aliphatic hydroxyl groups is 1. The number of carbonyl (C=O) groups is 1. The summed E-state index contributed by atoms with van der Waals surface area (Å²) in [6.45, 7) is 11.4. The summed E-state index contributed by atoms with van der Waals surface area (Å²) in [6.07, 6.45) is 3.23. The molecule has 0 rings (SSSR count). The minimum absolute atomic E-state index is 0.0631. The maximum absolute atomic E-state index is 11.6. The summed E-state index contributed by atoms with van der Waals surface area (Å²) in [4.78, 5) is 16.2. The van der Waals surface area contributed by atoms with Crippen LogP contribution in [0.2, 0.25) is 0 Å². The Labute approximate surface area is 141 Å². The largest absolute Gasteiger partial charge is 0.396 e. The van der Waals surface area contributed by atoms with Crippen LogP contribution in [0.3, 0.4) is 0 Å². The van der Waals surface area contributed by atoms with E-state index in [-0.39, 0.29) is 12.5 Å². The second-order valence-corrected chi connectivity index (χ2v) is 6.25. The van der Waals surface area contributed by atoms with Gasteiger partial charge in [0.05, 0.1) is 0 Å². The first-order valence-electron chi connectivity index (χ1n) is 8.93. The van der Waals surface area contributed by atoms with Crippen LogP contribution in [0.5, 0.6) is 0 Å². The number of aliphatic hydroxyl groups excluding tert-OH is 1. The molecule has 0 saturated carbocycles. The number of nitrogens with zero attached hydrogens (tertiary/aromatic N) is 1. The highest BCUT2D eigenvalue weighted by molar-refractivity contribution is 5.81. The molecule has 0 aliphatic carbocycles. The topological polar surface area (TPSA) is 85.8 Å². The molecule has 0 spiro atoms. The zero-order valence-electron chi connectivity index (χ0n) is 15.3. The molecule has 0 fully saturated rings. The Kier molecular flexibility index (Phi) is 13.5. The van der Waals surface area contributed by atoms with Gasteiger partial charge in [-0.3, -0.25) is 9.79 Å². The predicted octanol–water partition coefficient (Wildman–Crippen LogP) is 1.50. The van der Waals surface area contributed by atoms with Gasteiger partial charge in [-0.15, -0.1) is 0 Å². The Balaban J connectivity index is 4.31. The molecule has 0 aromatic carbocycles. The lowest BCUT2D eigenvalue weighted by atomic mass is 9.94. The number of nitrogens with one attached hydrogen (secondary N) is 3. The third-order valence-electron chi connectivity index (χ3n) is 3.41. The molecule has 6 heteroatoms. The van der Waals surface area contributed by atoms with Gasteiger partial charge < -0.3 is 21.1 Å². The van der Waals surface area contributed by atoms with Crippen molar-refractivity contribution in [1.29, 1.82) is 0 Å². The number of aliphatic imine (C=N–C) groups is 1. The van der Waals surface area contributed by atoms with Crippen molar-refractivity contribution in [3.05, 3.63) is 0 Å². The van der Waals surface area contributed by atoms with Crippen molar-refractivity contribution in [3.8, 4) is 0 Å². The van der Waals surface area contributed by atoms with E-state index in [1.54, 1.807) is 0 Å². The summed E-state index contributed by atoms with van der Waals surface area (Å²) in [7, 11) is 0. The van der Waals surface area contributed by atoms with E-state index in [1.807, 2.05) is 13.8 Å². The minimum atomic E-state index is 0.0631. The van der Waals surface area contributed by atoms with Crippen molar-refractivity contribution in [3.63, 3.8) is 0 Å². The molecule has 0 aromatic heterocycles. The Morgan fingerprint density at radius 2 is 1.87 bits per heavy atom. The van der Waals surface area contributed by atoms with Gasteiger partial charge in [0.15, 0.2) is 5.96 Å². The second-order valence-electron chi connectivity index (χ2n) is 6.25. The lowest BCUT2D eigenvalue weighted by Crippen LogP contribution is -2.39. The number of amides is 1. The van der Waals surface area contributed by atoms with E-state index in [0.717, 1.165) is 38.3 Å². The van der Waals surface area contributed by atoms with Gasteiger partial charge in [0.1, 0.15) is 0 Å². The van der Waals surface area contributed by atoms with Crippen LogP contribution in [-0.2, 0) is 4.79 Å². The van der Waals surface area contributed by atoms with Gasteiger partial charge in [0.2, 0.25) is 5.91 Å². The van der Waals surface area contributed by atoms with E-state index in [2.05, 4.69) is 34.8 Å². The van der Waals surface area contributed by atoms with Gasteiger partial charge in [0.25, 0.3) is 0 Å². The molecule has 23 heavy (non-hydrogen) atoms. The number of guanidine groups is 1. The fourth-order valence-electron chi connectivity index (χ4n) is 2.34. The van der Waals surface area contributed by atoms with Crippen LogP contribution < -0.4 is 16.0 Å². The van der Waals surface area contributed by atoms with Gasteiger partial charge in [-0.2, -0.15) is 0 Å². The van der Waals surface area contributed by atoms with Crippen LogP contribution in [0.4, 0.5) is 0 Å². The van der Waals surface area contributed by atoms with E-state index in [9.17, 15) is 4.79 Å². The molecule has 136 valence electrons. The van der Waals surface area contributed by atoms with Crippen LogP contribution >= 0.6 is 0 Å². The zero-order chi connectivity index (χ0) is 17.5. The molecule has 1 unspecified atom stereocenters. The van der Waals surface area contributed by atoms with Crippen LogP contribution in [-0.4, -0.2) is 49.8 Å². The predicted molar refractivity (Wildman–Crippen MR) is 96.5 cm³/mol. The van der Waals surface area contributed by atoms with Crippen LogP contribution in [0.25, 0.3) is 0 Å². The second kappa shape index (κ2) is 14.3. The molecule has 0 heterocycles. The lowest BCUT2D eigenvalue weighted by molar-refractivity contribution is -0.120. The first kappa shape index (κ1) is 21.7. The molecular weight excluding hydrogens is 292 g/mol. The van der Waals surface area contributed by atoms with Gasteiger partial charge in [-0.25, -0.2) is 0 Å². The van der Waals surface area contributed by atoms with Crippen molar-refractivity contribution >= 4 is 11.9 Å². The summed E-state index contributed by atoms with van der Waals surface area (Å²) in [6, 6.07) is 0. The van der Waals surface area contributed by atoms with Crippen LogP contribution in [0.1, 0.15) is 53.4 Å². The maximum atomic E-state index is 11.6. The third-order valence-corrected chi connectivity index (χ3v) is 3.41. The number of hydrogen-bond acceptors (Lipinski definition) is 3. The first-order chi connectivity index (χ1) is 11.0. The van der Waals surface area contributed by atoms with E-state index in [1.165, 1.54) is 0 Å². The Hall–Kier alpha value is -1.30. The monoisotopic (exact) mass is 328 g/mol. The normalized spacial score (nSPS) is 13.0. The third kappa shape index (κ3) is 12.9. The Bertz CT molecular complexity index is 333. The summed E-state index contributed by atoms with van der Waals surface area (Å²) < 4.78 is 0. The van der Waals surface area contributed by atoms with Crippen molar-refractivity contribution in [2.24, 2.45) is 16.8 Å². The first-order valence-corrected chi connectivity index (χ1v) is 8.93. The van der Waals surface area contributed by atoms with Gasteiger partial charge in [0, 0.05) is 39.2 Å². The van der Waals surface area contributed by atoms with Crippen molar-refractivity contribution < 1.29 is 9.90 Å². The average molecular weight is 329 g/mol. The van der Waals surface area contributed by atoms with E-state index in [4.69, 9.17) is 5.11 Å². The van der Waals surface area contributed by atoms with Crippen molar-refractivity contribution in [2.75, 3.05) is 32.8 Å². The van der Waals surface area contributed by atoms with E-state index >= 15 is 0 Å². The molecule has 0 saturated heterocycles. The molecular formula is C17H36N4O2. The molecule has 1 atom stereocenters. The van der Waals surface area contributed by atoms with Crippen LogP contribution in [0.15, 0.2) is 4.99 Å². The quantitative estimate of drug-likeness (QED) is 0.323. The summed E-state index contributed by atoms with van der Waals surface area (Å²) in [5, 5.41) is 18.4. The van der Waals surface area contributed by atoms with Gasteiger partial charge >= 0.3 is 0 Å². The molecule has 6 nitrogen and oxygen atoms in total. The fraction of sp³-hybridized carbons (Fsp3) is 0.882. The van der Waals surface area contributed by atoms with Gasteiger partial charge in [-0.1, -0.05) is 20.8 Å². The number of carbonyl (C=O) groups excluding carboxylic acids is 1. The highest BCUT2D eigenvalue weighted by atomic mass is 16.3. The van der Waals surface area contributed by atoms with E-state index in [0.29, 0.717) is 31.3 Å². The Morgan fingerprint density at radius 3 is 2.43 bits per heavy atom. The molecule has 0 aliphatic heterocycles. The van der Waals surface area contributed by atoms with E-state index < -0.39 is 0 Å². The standard InChI is InChI=1S/C17H36N4O2/c1-5-9-19-16(23)7-10-20-17(18-6-2)21-13-15(8-11-22)12-14(3)4/h14-15,22H,5-13H2,1-4H3,(H,19,23)(H2,18,20,21). The summed E-state index contributed by atoms with van der Waals surface area (Å²) in [5.74, 6) is 1.79. The minimum Gasteiger partial charge on any atom is -0.396 e. The number of rotatable bonds is 12. The Morgan fingerprint density at radius 1 is 1.13 bits per heavy atom. The number of hydrogen-bond donors (Lipinski definition) is 4. The molecule has 0 bridgehead atoms. The van der Waals surface area contributed by atoms with Gasteiger partial charge in [-0.05, 0) is 38.0 Å². The average Bonchev–Trinajstić information content (AvgIpc) is 2.50. The molecule has 0 radical (unpaired) electrons. The molecule has 0 aliphatic rings. The fourth-order valence-corrected chi connectivity index (χ4v) is 2.34. The van der Waals surface area contributed by atoms with Crippen molar-refractivity contribution in [1.82, 2.24) is 16.0 Å². The smallest absolute Gasteiger partial charge is 0.221 e. The molecule has 1 amide bonds. The lowest BCUT2D eigenvalue weighted by Gasteiger charge is -2.17. The van der Waals surface area contributed by atoms with Crippen LogP contribution in [0, 0.1) is 11.8 Å². The highest BCUT2D eigenvalue weighted by Crippen LogP contribution is 2.15. The zero-order valence-corrected chi connectivity index (χ0v) is 15.3. The highest BCUT2D eigenvalue weighted by Gasteiger charge is 2.10. The maximum Gasteiger partial charge on any atom is 0.221 e. The molecule has 0 aromatic rings. The molecule has 4 N–H and O–H groups in total.